The number of hydrogen-bond acceptors (Lipinski definition) is 2. The zero-order chi connectivity index (χ0) is 70.8. The van der Waals surface area contributed by atoms with Crippen molar-refractivity contribution in [2.24, 2.45) is 0 Å². The molecule has 0 heterocycles. The number of hydrogen-bond donors (Lipinski definition) is 1. The summed E-state index contributed by atoms with van der Waals surface area (Å²) < 4.78 is 0. The second-order valence-electron chi connectivity index (χ2n) is 28.9. The number of fused-ring (bicyclic) bond motifs is 18. The third kappa shape index (κ3) is 11.7. The summed E-state index contributed by atoms with van der Waals surface area (Å²) in [7, 11) is 0. The quantitative estimate of drug-likeness (QED) is 0.145. The Kier molecular flexibility index (Phi) is 16.4. The lowest BCUT2D eigenvalue weighted by Crippen LogP contribution is -2.16. The Morgan fingerprint density at radius 2 is 0.495 bits per heavy atom. The molecule has 0 bridgehead atoms. The van der Waals surface area contributed by atoms with Crippen LogP contribution in [0.2, 0.25) is 5.02 Å². The Bertz CT molecular complexity index is 6260. The van der Waals surface area contributed by atoms with Gasteiger partial charge in [0.2, 0.25) is 0 Å². The van der Waals surface area contributed by atoms with Gasteiger partial charge in [-0.25, -0.2) is 0 Å². The highest BCUT2D eigenvalue weighted by Crippen LogP contribution is 2.52. The minimum atomic E-state index is -0.0831. The Hall–Kier alpha value is -12.6. The monoisotopic (exact) mass is 1360 g/mol. The Morgan fingerprint density at radius 3 is 0.924 bits per heavy atom. The number of anilines is 5. The first-order valence-corrected chi connectivity index (χ1v) is 36.8. The predicted molar refractivity (Wildman–Crippen MR) is 451 cm³/mol. The van der Waals surface area contributed by atoms with E-state index in [4.69, 9.17) is 11.6 Å². The van der Waals surface area contributed by atoms with E-state index in [1.165, 1.54) is 154 Å². The van der Waals surface area contributed by atoms with Gasteiger partial charge in [0.05, 0.1) is 0 Å². The van der Waals surface area contributed by atoms with E-state index in [9.17, 15) is 0 Å². The first-order chi connectivity index (χ1) is 51.5. The van der Waals surface area contributed by atoms with Crippen molar-refractivity contribution in [2.75, 3.05) is 10.2 Å². The standard InChI is InChI=1S/C51H37N.C27H23N.C24H15Cl/c1-51(2)49-19-11-10-18-46(49)47-31-29-40(33-50(47)51)52(38-25-20-35(21-26-38)34-12-4-3-5-13-34)39-27-22-36(23-28-39)37-24-30-45-43-16-7-6-14-41(43)42-15-8-9-17-44(42)48(45)32-37;1-27(2)25-11-7-6-10-23(25)24-17-16-22(18-26(24)27)28-21-14-12-20(13-15-21)19-8-4-3-5-9-19;25-18-12-9-16(10-13-18)17-11-14-23-21-7-2-1-5-19(21)20-6-3-4-8-22(20)24(23)15-17/h3-33H,1-2H3;3-18,28H,1-2H3;1-15H. The van der Waals surface area contributed by atoms with E-state index in [-0.39, 0.29) is 10.8 Å². The molecule has 500 valence electrons. The molecule has 2 aliphatic carbocycles. The average molecular weight is 1360 g/mol. The van der Waals surface area contributed by atoms with Crippen LogP contribution in [-0.4, -0.2) is 0 Å². The molecule has 0 aliphatic heterocycles. The molecule has 18 aromatic carbocycles. The average Bonchev–Trinajstić information content (AvgIpc) is 1.74. The van der Waals surface area contributed by atoms with Gasteiger partial charge in [-0.15, -0.1) is 0 Å². The van der Waals surface area contributed by atoms with Crippen molar-refractivity contribution in [1.29, 1.82) is 0 Å². The van der Waals surface area contributed by atoms with Crippen molar-refractivity contribution in [3.63, 3.8) is 0 Å². The molecule has 0 aromatic heterocycles. The zero-order valence-corrected chi connectivity index (χ0v) is 59.9. The van der Waals surface area contributed by atoms with Crippen LogP contribution in [-0.2, 0) is 10.8 Å². The first kappa shape index (κ1) is 64.5. The lowest BCUT2D eigenvalue weighted by molar-refractivity contribution is 0.660. The minimum Gasteiger partial charge on any atom is -0.356 e. The van der Waals surface area contributed by atoms with Crippen molar-refractivity contribution < 1.29 is 0 Å². The SMILES string of the molecule is CC1(C)c2ccccc2-c2ccc(N(c3ccc(-c4ccccc4)cc3)c3ccc(-c4ccc5c6ccccc6c6ccccc6c5c4)cc3)cc21.CC1(C)c2ccccc2-c2ccc(Nc3ccc(-c4ccccc4)cc3)cc21.Clc1ccc(-c2ccc3c4ccccc4c4ccccc4c3c2)cc1. The maximum absolute atomic E-state index is 6.04. The predicted octanol–water partition coefficient (Wildman–Crippen LogP) is 29.1. The molecule has 0 amide bonds. The second kappa shape index (κ2) is 26.7. The fourth-order valence-electron chi connectivity index (χ4n) is 16.7. The third-order valence-electron chi connectivity index (χ3n) is 22.0. The smallest absolute Gasteiger partial charge is 0.0465 e. The fraction of sp³-hybridized carbons (Fsp3) is 0.0588. The lowest BCUT2D eigenvalue weighted by atomic mass is 9.82. The van der Waals surface area contributed by atoms with Crippen molar-refractivity contribution in [1.82, 2.24) is 0 Å². The zero-order valence-electron chi connectivity index (χ0n) is 59.1. The molecule has 0 atom stereocenters. The molecule has 18 aromatic rings. The number of nitrogens with zero attached hydrogens (tertiary/aromatic N) is 1. The number of halogens is 1. The van der Waals surface area contributed by atoms with Crippen LogP contribution in [0.4, 0.5) is 28.4 Å². The van der Waals surface area contributed by atoms with Gasteiger partial charge in [0, 0.05) is 44.3 Å². The van der Waals surface area contributed by atoms with Crippen LogP contribution in [0.15, 0.2) is 376 Å². The minimum absolute atomic E-state index is 0.0286. The molecule has 105 heavy (non-hydrogen) atoms. The highest BCUT2D eigenvalue weighted by atomic mass is 35.5. The molecule has 0 fully saturated rings. The van der Waals surface area contributed by atoms with Crippen molar-refractivity contribution in [3.8, 4) is 66.8 Å². The molecule has 0 saturated heterocycles. The molecule has 2 aliphatic rings. The van der Waals surface area contributed by atoms with E-state index in [1.54, 1.807) is 0 Å². The Labute approximate surface area is 619 Å². The summed E-state index contributed by atoms with van der Waals surface area (Å²) >= 11 is 6.04. The van der Waals surface area contributed by atoms with Crippen LogP contribution < -0.4 is 10.2 Å². The van der Waals surface area contributed by atoms with Gasteiger partial charge in [-0.3, -0.25) is 0 Å². The molecule has 3 heteroatoms. The van der Waals surface area contributed by atoms with Crippen LogP contribution in [0, 0.1) is 0 Å². The van der Waals surface area contributed by atoms with E-state index >= 15 is 0 Å². The van der Waals surface area contributed by atoms with Gasteiger partial charge in [0.1, 0.15) is 0 Å². The van der Waals surface area contributed by atoms with Gasteiger partial charge >= 0.3 is 0 Å². The number of benzene rings is 18. The summed E-state index contributed by atoms with van der Waals surface area (Å²) in [6, 6.07) is 136. The van der Waals surface area contributed by atoms with Crippen molar-refractivity contribution >= 4 is 105 Å². The van der Waals surface area contributed by atoms with E-state index in [1.807, 2.05) is 18.2 Å². The molecule has 20 rings (SSSR count). The second-order valence-corrected chi connectivity index (χ2v) is 29.3. The summed E-state index contributed by atoms with van der Waals surface area (Å²) in [5.74, 6) is 0. The summed E-state index contributed by atoms with van der Waals surface area (Å²) in [5.41, 5.74) is 26.3. The molecule has 2 nitrogen and oxygen atoms in total. The molecule has 0 radical (unpaired) electrons. The van der Waals surface area contributed by atoms with Gasteiger partial charge in [-0.2, -0.15) is 0 Å². The van der Waals surface area contributed by atoms with Crippen LogP contribution in [0.25, 0.3) is 131 Å². The lowest BCUT2D eigenvalue weighted by Gasteiger charge is -2.28. The summed E-state index contributed by atoms with van der Waals surface area (Å²) in [4.78, 5) is 2.40. The molecular formula is C102H75ClN2. The van der Waals surface area contributed by atoms with Gasteiger partial charge in [-0.1, -0.05) is 330 Å². The van der Waals surface area contributed by atoms with Crippen LogP contribution in [0.3, 0.4) is 0 Å². The van der Waals surface area contributed by atoms with Gasteiger partial charge in [0.25, 0.3) is 0 Å². The van der Waals surface area contributed by atoms with E-state index in [0.717, 1.165) is 33.5 Å². The number of nitrogens with one attached hydrogen (secondary N) is 1. The molecule has 0 saturated carbocycles. The highest BCUT2D eigenvalue weighted by molar-refractivity contribution is 6.31. The summed E-state index contributed by atoms with van der Waals surface area (Å²) in [6.07, 6.45) is 0. The van der Waals surface area contributed by atoms with E-state index < -0.39 is 0 Å². The van der Waals surface area contributed by atoms with Gasteiger partial charge in [0.15, 0.2) is 0 Å². The summed E-state index contributed by atoms with van der Waals surface area (Å²) in [5, 5.41) is 19.9. The normalized spacial score (nSPS) is 12.8. The molecular weight excluding hydrogens is 1290 g/mol. The van der Waals surface area contributed by atoms with E-state index in [0.29, 0.717) is 0 Å². The van der Waals surface area contributed by atoms with Crippen LogP contribution in [0.5, 0.6) is 0 Å². The topological polar surface area (TPSA) is 15.3 Å². The fourth-order valence-corrected chi connectivity index (χ4v) is 16.8. The first-order valence-electron chi connectivity index (χ1n) is 36.4. The van der Waals surface area contributed by atoms with Crippen molar-refractivity contribution in [3.05, 3.63) is 403 Å². The molecule has 1 N–H and O–H groups in total. The van der Waals surface area contributed by atoms with Gasteiger partial charge in [-0.05, 0) is 239 Å². The third-order valence-corrected chi connectivity index (χ3v) is 22.3. The molecule has 0 unspecified atom stereocenters. The number of rotatable bonds is 9. The Balaban J connectivity index is 0.000000124. The largest absolute Gasteiger partial charge is 0.356 e. The van der Waals surface area contributed by atoms with E-state index in [2.05, 4.69) is 396 Å². The molecule has 0 spiro atoms. The van der Waals surface area contributed by atoms with Crippen LogP contribution in [0.1, 0.15) is 49.9 Å². The summed E-state index contributed by atoms with van der Waals surface area (Å²) in [6.45, 7) is 9.34. The Morgan fingerprint density at radius 1 is 0.210 bits per heavy atom. The van der Waals surface area contributed by atoms with Gasteiger partial charge < -0.3 is 10.2 Å². The van der Waals surface area contributed by atoms with Crippen LogP contribution >= 0.6 is 11.6 Å². The highest BCUT2D eigenvalue weighted by Gasteiger charge is 2.37. The van der Waals surface area contributed by atoms with Crippen molar-refractivity contribution in [2.45, 2.75) is 38.5 Å². The maximum atomic E-state index is 6.04. The maximum Gasteiger partial charge on any atom is 0.0465 e.